The molecular formula is C12H24N2OS. The molecule has 0 aromatic carbocycles. The van der Waals surface area contributed by atoms with E-state index in [1.807, 2.05) is 0 Å². The summed E-state index contributed by atoms with van der Waals surface area (Å²) in [4.78, 5) is 2.55. The maximum Gasteiger partial charge on any atom is 0.0753 e. The highest BCUT2D eigenvalue weighted by Crippen LogP contribution is 2.17. The maximum atomic E-state index is 5.73. The van der Waals surface area contributed by atoms with Crippen LogP contribution in [0.4, 0.5) is 0 Å². The zero-order valence-corrected chi connectivity index (χ0v) is 11.3. The fourth-order valence-electron chi connectivity index (χ4n) is 2.45. The average molecular weight is 244 g/mol. The van der Waals surface area contributed by atoms with Crippen LogP contribution in [0.5, 0.6) is 0 Å². The van der Waals surface area contributed by atoms with Crippen LogP contribution in [0.1, 0.15) is 20.3 Å². The first-order chi connectivity index (χ1) is 7.66. The topological polar surface area (TPSA) is 24.5 Å². The molecule has 0 aromatic rings. The number of thioether (sulfide) groups is 1. The lowest BCUT2D eigenvalue weighted by molar-refractivity contribution is -0.0863. The molecule has 2 heterocycles. The van der Waals surface area contributed by atoms with Crippen LogP contribution in [0.15, 0.2) is 0 Å². The van der Waals surface area contributed by atoms with Crippen molar-refractivity contribution in [3.05, 3.63) is 0 Å². The summed E-state index contributed by atoms with van der Waals surface area (Å²) < 4.78 is 5.73. The average Bonchev–Trinajstić information content (AvgIpc) is 2.27. The number of hydrogen-bond donors (Lipinski definition) is 1. The Morgan fingerprint density at radius 2 is 2.38 bits per heavy atom. The van der Waals surface area contributed by atoms with E-state index in [1.165, 1.54) is 31.0 Å². The summed E-state index contributed by atoms with van der Waals surface area (Å²) in [5.41, 5.74) is 0.0486. The van der Waals surface area contributed by atoms with Gasteiger partial charge in [0.25, 0.3) is 0 Å². The van der Waals surface area contributed by atoms with E-state index in [0.717, 1.165) is 25.7 Å². The van der Waals surface area contributed by atoms with Crippen LogP contribution >= 0.6 is 11.8 Å². The lowest BCUT2D eigenvalue weighted by Gasteiger charge is -2.38. The monoisotopic (exact) mass is 244 g/mol. The van der Waals surface area contributed by atoms with E-state index in [1.54, 1.807) is 0 Å². The van der Waals surface area contributed by atoms with E-state index in [0.29, 0.717) is 0 Å². The molecule has 4 heteroatoms. The van der Waals surface area contributed by atoms with Crippen molar-refractivity contribution in [2.75, 3.05) is 44.3 Å². The van der Waals surface area contributed by atoms with Gasteiger partial charge < -0.3 is 10.1 Å². The Morgan fingerprint density at radius 1 is 1.50 bits per heavy atom. The van der Waals surface area contributed by atoms with Crippen LogP contribution in [0.25, 0.3) is 0 Å². The van der Waals surface area contributed by atoms with E-state index in [-0.39, 0.29) is 5.60 Å². The summed E-state index contributed by atoms with van der Waals surface area (Å²) in [7, 11) is 0. The van der Waals surface area contributed by atoms with Crippen LogP contribution < -0.4 is 5.32 Å². The van der Waals surface area contributed by atoms with E-state index < -0.39 is 0 Å². The molecule has 0 radical (unpaired) electrons. The number of nitrogens with one attached hydrogen (secondary N) is 1. The molecule has 2 aliphatic heterocycles. The number of rotatable bonds is 3. The smallest absolute Gasteiger partial charge is 0.0753 e. The summed E-state index contributed by atoms with van der Waals surface area (Å²) >= 11 is 2.08. The van der Waals surface area contributed by atoms with E-state index in [2.05, 4.69) is 35.8 Å². The van der Waals surface area contributed by atoms with Gasteiger partial charge in [-0.15, -0.1) is 0 Å². The van der Waals surface area contributed by atoms with Gasteiger partial charge >= 0.3 is 0 Å². The second-order valence-corrected chi connectivity index (χ2v) is 6.55. The molecule has 1 atom stereocenters. The zero-order valence-electron chi connectivity index (χ0n) is 10.5. The first-order valence-electron chi connectivity index (χ1n) is 6.33. The quantitative estimate of drug-likeness (QED) is 0.806. The van der Waals surface area contributed by atoms with Gasteiger partial charge in [-0.05, 0) is 26.8 Å². The number of morpholine rings is 1. The summed E-state index contributed by atoms with van der Waals surface area (Å²) in [5.74, 6) is 2.56. The van der Waals surface area contributed by atoms with Crippen LogP contribution in [0, 0.1) is 0 Å². The molecule has 0 saturated carbocycles. The second-order valence-electron chi connectivity index (χ2n) is 5.40. The first-order valence-corrected chi connectivity index (χ1v) is 7.49. The molecule has 3 nitrogen and oxygen atoms in total. The van der Waals surface area contributed by atoms with Gasteiger partial charge in [0.15, 0.2) is 0 Å². The molecule has 0 aromatic heterocycles. The van der Waals surface area contributed by atoms with Crippen LogP contribution in [-0.4, -0.2) is 60.8 Å². The highest BCUT2D eigenvalue weighted by atomic mass is 32.2. The standard InChI is InChI=1S/C12H24N2OS/c1-12(2)10-14(6-7-15-12)5-3-11-9-16-8-4-13-11/h11,13H,3-10H2,1-2H3. The Labute approximate surface area is 103 Å². The minimum Gasteiger partial charge on any atom is -0.373 e. The minimum atomic E-state index is 0.0486. The maximum absolute atomic E-state index is 5.73. The molecule has 0 amide bonds. The third-order valence-electron chi connectivity index (χ3n) is 3.30. The summed E-state index contributed by atoms with van der Waals surface area (Å²) in [6, 6.07) is 0.727. The van der Waals surface area contributed by atoms with Gasteiger partial charge in [0, 0.05) is 37.2 Å². The highest BCUT2D eigenvalue weighted by molar-refractivity contribution is 7.99. The third kappa shape index (κ3) is 3.91. The molecule has 0 aliphatic carbocycles. The fraction of sp³-hybridized carbons (Fsp3) is 1.00. The molecule has 2 rings (SSSR count). The molecule has 16 heavy (non-hydrogen) atoms. The minimum absolute atomic E-state index is 0.0486. The van der Waals surface area contributed by atoms with Crippen molar-refractivity contribution in [2.45, 2.75) is 31.9 Å². The van der Waals surface area contributed by atoms with Gasteiger partial charge in [0.2, 0.25) is 0 Å². The molecule has 94 valence electrons. The van der Waals surface area contributed by atoms with Gasteiger partial charge in [-0.25, -0.2) is 0 Å². The number of nitrogens with zero attached hydrogens (tertiary/aromatic N) is 1. The number of ether oxygens (including phenoxy) is 1. The van der Waals surface area contributed by atoms with Crippen LogP contribution in [0.2, 0.25) is 0 Å². The van der Waals surface area contributed by atoms with Gasteiger partial charge in [0.05, 0.1) is 12.2 Å². The lowest BCUT2D eigenvalue weighted by atomic mass is 10.1. The van der Waals surface area contributed by atoms with Crippen molar-refractivity contribution in [1.29, 1.82) is 0 Å². The molecule has 2 fully saturated rings. The Balaban J connectivity index is 1.68. The number of hydrogen-bond acceptors (Lipinski definition) is 4. The van der Waals surface area contributed by atoms with E-state index in [9.17, 15) is 0 Å². The molecule has 0 spiro atoms. The molecule has 1 unspecified atom stereocenters. The van der Waals surface area contributed by atoms with Crippen LogP contribution in [0.3, 0.4) is 0 Å². The van der Waals surface area contributed by atoms with Crippen molar-refractivity contribution in [1.82, 2.24) is 10.2 Å². The zero-order chi connectivity index (χ0) is 11.4. The predicted molar refractivity (Wildman–Crippen MR) is 70.2 cm³/mol. The first kappa shape index (κ1) is 12.7. The normalized spacial score (nSPS) is 31.5. The fourth-order valence-corrected chi connectivity index (χ4v) is 3.45. The second kappa shape index (κ2) is 5.71. The third-order valence-corrected chi connectivity index (χ3v) is 4.43. The molecule has 0 bridgehead atoms. The van der Waals surface area contributed by atoms with Crippen molar-refractivity contribution in [2.24, 2.45) is 0 Å². The Hall–Kier alpha value is 0.230. The van der Waals surface area contributed by atoms with Gasteiger partial charge in [-0.1, -0.05) is 0 Å². The lowest BCUT2D eigenvalue weighted by Crippen LogP contribution is -2.49. The molecule has 1 N–H and O–H groups in total. The largest absolute Gasteiger partial charge is 0.373 e. The van der Waals surface area contributed by atoms with E-state index in [4.69, 9.17) is 4.74 Å². The molecular weight excluding hydrogens is 220 g/mol. The summed E-state index contributed by atoms with van der Waals surface area (Å²) in [6.07, 6.45) is 1.28. The predicted octanol–water partition coefficient (Wildman–Crippen LogP) is 1.19. The molecule has 2 aliphatic rings. The van der Waals surface area contributed by atoms with Crippen molar-refractivity contribution in [3.63, 3.8) is 0 Å². The van der Waals surface area contributed by atoms with Crippen molar-refractivity contribution < 1.29 is 4.74 Å². The van der Waals surface area contributed by atoms with Gasteiger partial charge in [-0.3, -0.25) is 4.90 Å². The SMILES string of the molecule is CC1(C)CN(CCC2CSCCN2)CCO1. The summed E-state index contributed by atoms with van der Waals surface area (Å²) in [6.45, 7) is 9.84. The Bertz CT molecular complexity index is 217. The van der Waals surface area contributed by atoms with Gasteiger partial charge in [-0.2, -0.15) is 11.8 Å². The highest BCUT2D eigenvalue weighted by Gasteiger charge is 2.27. The Morgan fingerprint density at radius 3 is 3.06 bits per heavy atom. The van der Waals surface area contributed by atoms with Crippen molar-refractivity contribution in [3.8, 4) is 0 Å². The van der Waals surface area contributed by atoms with Crippen molar-refractivity contribution >= 4 is 11.8 Å². The summed E-state index contributed by atoms with van der Waals surface area (Å²) in [5, 5.41) is 3.60. The Kier molecular flexibility index (Phi) is 4.53. The molecule has 2 saturated heterocycles. The van der Waals surface area contributed by atoms with E-state index >= 15 is 0 Å². The van der Waals surface area contributed by atoms with Gasteiger partial charge in [0.1, 0.15) is 0 Å². The van der Waals surface area contributed by atoms with Crippen LogP contribution in [-0.2, 0) is 4.74 Å².